The van der Waals surface area contributed by atoms with Gasteiger partial charge in [0, 0.05) is 38.0 Å². The number of carbonyl (C=O) groups excluding carboxylic acids is 1. The number of imidazole rings is 1. The molecular formula is C22H26ClFN4O3S. The van der Waals surface area contributed by atoms with Crippen LogP contribution in [0, 0.1) is 6.92 Å². The van der Waals surface area contributed by atoms with Gasteiger partial charge in [0.1, 0.15) is 11.7 Å². The SMILES string of the molecule is Cc1nc2c(-c3cccc(S(C)(=O)=O)c3)cc(C(=O)N(C)C)cc2n1C/C(F)=C/CN.Cl. The Bertz CT molecular complexity index is 1300. The van der Waals surface area contributed by atoms with Crippen molar-refractivity contribution in [2.45, 2.75) is 18.4 Å². The van der Waals surface area contributed by atoms with Gasteiger partial charge in [-0.15, -0.1) is 12.4 Å². The maximum absolute atomic E-state index is 14.3. The number of nitrogens with zero attached hydrogens (tertiary/aromatic N) is 3. The van der Waals surface area contributed by atoms with Gasteiger partial charge in [-0.3, -0.25) is 4.79 Å². The van der Waals surface area contributed by atoms with Gasteiger partial charge in [-0.1, -0.05) is 12.1 Å². The quantitative estimate of drug-likeness (QED) is 0.583. The highest BCUT2D eigenvalue weighted by molar-refractivity contribution is 7.90. The van der Waals surface area contributed by atoms with Crippen LogP contribution in [0.4, 0.5) is 4.39 Å². The number of hydrogen-bond acceptors (Lipinski definition) is 5. The van der Waals surface area contributed by atoms with Gasteiger partial charge in [0.05, 0.1) is 22.5 Å². The Morgan fingerprint density at radius 2 is 1.94 bits per heavy atom. The number of rotatable bonds is 6. The molecule has 10 heteroatoms. The average molecular weight is 481 g/mol. The molecule has 1 amide bonds. The summed E-state index contributed by atoms with van der Waals surface area (Å²) in [5.41, 5.74) is 8.13. The maximum Gasteiger partial charge on any atom is 0.253 e. The minimum absolute atomic E-state index is 0. The normalized spacial score (nSPS) is 12.0. The van der Waals surface area contributed by atoms with E-state index in [1.807, 2.05) is 0 Å². The third kappa shape index (κ3) is 5.17. The molecule has 0 bridgehead atoms. The number of amides is 1. The average Bonchev–Trinajstić information content (AvgIpc) is 3.01. The van der Waals surface area contributed by atoms with Crippen LogP contribution in [0.3, 0.4) is 0 Å². The number of aryl methyl sites for hydroxylation is 1. The van der Waals surface area contributed by atoms with Crippen LogP contribution >= 0.6 is 12.4 Å². The van der Waals surface area contributed by atoms with Gasteiger partial charge in [-0.05, 0) is 42.8 Å². The van der Waals surface area contributed by atoms with Crippen LogP contribution in [0.5, 0.6) is 0 Å². The van der Waals surface area contributed by atoms with Crippen LogP contribution in [0.1, 0.15) is 16.2 Å². The summed E-state index contributed by atoms with van der Waals surface area (Å²) in [6.45, 7) is 1.76. The smallest absolute Gasteiger partial charge is 0.253 e. The molecule has 7 nitrogen and oxygen atoms in total. The minimum atomic E-state index is -3.42. The monoisotopic (exact) mass is 480 g/mol. The number of sulfone groups is 1. The van der Waals surface area contributed by atoms with Crippen molar-refractivity contribution < 1.29 is 17.6 Å². The molecule has 0 unspecified atom stereocenters. The number of carbonyl (C=O) groups is 1. The number of allylic oxidation sites excluding steroid dienone is 1. The molecule has 0 aliphatic heterocycles. The van der Waals surface area contributed by atoms with Gasteiger partial charge < -0.3 is 15.2 Å². The Hall–Kier alpha value is -2.75. The number of halogens is 2. The standard InChI is InChI=1S/C22H25FN4O3S.ClH/c1-14-25-21-19(15-6-5-7-18(10-15)31(4,29)30)11-16(22(28)26(2)3)12-20(21)27(14)13-17(23)8-9-24;/h5-8,10-12H,9,13,24H2,1-4H3;1H/b17-8-;. The summed E-state index contributed by atoms with van der Waals surface area (Å²) in [5.74, 6) is -0.0776. The fourth-order valence-corrected chi connectivity index (χ4v) is 4.04. The van der Waals surface area contributed by atoms with Gasteiger partial charge in [-0.2, -0.15) is 0 Å². The molecule has 172 valence electrons. The van der Waals surface area contributed by atoms with Gasteiger partial charge >= 0.3 is 0 Å². The lowest BCUT2D eigenvalue weighted by Crippen LogP contribution is -2.21. The summed E-state index contributed by atoms with van der Waals surface area (Å²) in [6, 6.07) is 9.84. The highest BCUT2D eigenvalue weighted by Gasteiger charge is 2.19. The molecule has 0 fully saturated rings. The first kappa shape index (κ1) is 25.5. The van der Waals surface area contributed by atoms with E-state index in [2.05, 4.69) is 4.98 Å². The van der Waals surface area contributed by atoms with E-state index in [9.17, 15) is 17.6 Å². The number of hydrogen-bond donors (Lipinski definition) is 1. The molecule has 3 aromatic rings. The molecule has 0 atom stereocenters. The molecule has 32 heavy (non-hydrogen) atoms. The Labute approximate surface area is 193 Å². The lowest BCUT2D eigenvalue weighted by atomic mass is 10.0. The first-order valence-corrected chi connectivity index (χ1v) is 11.5. The molecule has 0 saturated carbocycles. The Balaban J connectivity index is 0.00000363. The maximum atomic E-state index is 14.3. The number of nitrogens with two attached hydrogens (primary N) is 1. The van der Waals surface area contributed by atoms with Crippen molar-refractivity contribution in [1.82, 2.24) is 14.5 Å². The Morgan fingerprint density at radius 1 is 1.25 bits per heavy atom. The highest BCUT2D eigenvalue weighted by atomic mass is 35.5. The topological polar surface area (TPSA) is 98.3 Å². The summed E-state index contributed by atoms with van der Waals surface area (Å²) in [7, 11) is -0.138. The van der Waals surface area contributed by atoms with Crippen molar-refractivity contribution in [3.63, 3.8) is 0 Å². The second-order valence-electron chi connectivity index (χ2n) is 7.52. The van der Waals surface area contributed by atoms with Crippen LogP contribution in [0.2, 0.25) is 0 Å². The van der Waals surface area contributed by atoms with Gasteiger partial charge in [-0.25, -0.2) is 17.8 Å². The van der Waals surface area contributed by atoms with Crippen molar-refractivity contribution in [2.75, 3.05) is 26.9 Å². The fourth-order valence-electron chi connectivity index (χ4n) is 3.38. The van der Waals surface area contributed by atoms with E-state index in [0.717, 1.165) is 6.26 Å². The third-order valence-corrected chi connectivity index (χ3v) is 6.03. The molecule has 1 heterocycles. The summed E-state index contributed by atoms with van der Waals surface area (Å²) in [5, 5.41) is 0. The van der Waals surface area contributed by atoms with Crippen molar-refractivity contribution in [1.29, 1.82) is 0 Å². The van der Waals surface area contributed by atoms with Crippen LogP contribution in [0.25, 0.3) is 22.2 Å². The summed E-state index contributed by atoms with van der Waals surface area (Å²) in [6.07, 6.45) is 2.43. The van der Waals surface area contributed by atoms with Crippen molar-refractivity contribution in [3.8, 4) is 11.1 Å². The first-order chi connectivity index (χ1) is 14.5. The molecule has 0 saturated heterocycles. The predicted molar refractivity (Wildman–Crippen MR) is 127 cm³/mol. The molecule has 1 aromatic heterocycles. The van der Waals surface area contributed by atoms with E-state index < -0.39 is 15.7 Å². The van der Waals surface area contributed by atoms with E-state index in [-0.39, 0.29) is 36.3 Å². The molecule has 0 aliphatic rings. The summed E-state index contributed by atoms with van der Waals surface area (Å²) < 4.78 is 40.0. The zero-order chi connectivity index (χ0) is 22.9. The van der Waals surface area contributed by atoms with E-state index in [4.69, 9.17) is 5.73 Å². The van der Waals surface area contributed by atoms with Crippen LogP contribution < -0.4 is 5.73 Å². The Kier molecular flexibility index (Phi) is 7.82. The third-order valence-electron chi connectivity index (χ3n) is 4.92. The summed E-state index contributed by atoms with van der Waals surface area (Å²) in [4.78, 5) is 18.9. The zero-order valence-corrected chi connectivity index (χ0v) is 19.9. The van der Waals surface area contributed by atoms with E-state index in [1.54, 1.807) is 55.9 Å². The molecule has 2 N–H and O–H groups in total. The molecular weight excluding hydrogens is 455 g/mol. The lowest BCUT2D eigenvalue weighted by molar-refractivity contribution is 0.0827. The number of benzene rings is 2. The highest BCUT2D eigenvalue weighted by Crippen LogP contribution is 2.32. The first-order valence-electron chi connectivity index (χ1n) is 9.60. The van der Waals surface area contributed by atoms with Crippen molar-refractivity contribution >= 4 is 39.2 Å². The van der Waals surface area contributed by atoms with E-state index in [1.165, 1.54) is 17.0 Å². The van der Waals surface area contributed by atoms with Gasteiger partial charge in [0.25, 0.3) is 5.91 Å². The van der Waals surface area contributed by atoms with E-state index in [0.29, 0.717) is 33.5 Å². The second kappa shape index (κ2) is 9.81. The van der Waals surface area contributed by atoms with Crippen LogP contribution in [-0.2, 0) is 16.4 Å². The molecule has 3 rings (SSSR count). The molecule has 0 radical (unpaired) electrons. The number of aromatic nitrogens is 2. The molecule has 0 aliphatic carbocycles. The lowest BCUT2D eigenvalue weighted by Gasteiger charge is -2.14. The zero-order valence-electron chi connectivity index (χ0n) is 18.3. The largest absolute Gasteiger partial charge is 0.345 e. The molecule has 2 aromatic carbocycles. The van der Waals surface area contributed by atoms with Gasteiger partial charge in [0.15, 0.2) is 9.84 Å². The second-order valence-corrected chi connectivity index (χ2v) is 9.54. The van der Waals surface area contributed by atoms with Crippen LogP contribution in [0.15, 0.2) is 53.2 Å². The van der Waals surface area contributed by atoms with Gasteiger partial charge in [0.2, 0.25) is 0 Å². The number of fused-ring (bicyclic) bond motifs is 1. The Morgan fingerprint density at radius 3 is 2.53 bits per heavy atom. The molecule has 0 spiro atoms. The van der Waals surface area contributed by atoms with Crippen molar-refractivity contribution in [2.24, 2.45) is 5.73 Å². The van der Waals surface area contributed by atoms with Crippen molar-refractivity contribution in [3.05, 3.63) is 59.7 Å². The summed E-state index contributed by atoms with van der Waals surface area (Å²) >= 11 is 0. The fraction of sp³-hybridized carbons (Fsp3) is 0.273. The minimum Gasteiger partial charge on any atom is -0.345 e. The van der Waals surface area contributed by atoms with Crippen LogP contribution in [-0.4, -0.2) is 55.7 Å². The van der Waals surface area contributed by atoms with E-state index >= 15 is 0 Å². The predicted octanol–water partition coefficient (Wildman–Crippen LogP) is 3.35.